The molecule has 0 radical (unpaired) electrons. The van der Waals surface area contributed by atoms with Gasteiger partial charge in [0.1, 0.15) is 0 Å². The van der Waals surface area contributed by atoms with Crippen LogP contribution in [0.1, 0.15) is 32.6 Å². The normalized spacial score (nSPS) is 10.9. The van der Waals surface area contributed by atoms with Crippen LogP contribution in [0.5, 0.6) is 0 Å². The molecule has 0 saturated carbocycles. The van der Waals surface area contributed by atoms with Crippen molar-refractivity contribution in [3.63, 3.8) is 0 Å². The Kier molecular flexibility index (Phi) is 2.90. The summed E-state index contributed by atoms with van der Waals surface area (Å²) in [6.07, 6.45) is 3.49. The number of ketones is 1. The average Bonchev–Trinajstić information content (AvgIpc) is 2.86. The molecule has 2 aromatic heterocycles. The summed E-state index contributed by atoms with van der Waals surface area (Å²) in [6.45, 7) is 6.07. The lowest BCUT2D eigenvalue weighted by molar-refractivity contribution is 0.103. The van der Waals surface area contributed by atoms with E-state index in [1.165, 1.54) is 5.56 Å². The zero-order chi connectivity index (χ0) is 14.3. The second kappa shape index (κ2) is 4.60. The molecule has 0 aliphatic heterocycles. The molecule has 0 aliphatic carbocycles. The van der Waals surface area contributed by atoms with Crippen molar-refractivity contribution >= 4 is 11.3 Å². The van der Waals surface area contributed by atoms with Crippen molar-refractivity contribution in [1.82, 2.24) is 9.61 Å². The summed E-state index contributed by atoms with van der Waals surface area (Å²) in [5.41, 5.74) is 5.60. The van der Waals surface area contributed by atoms with Gasteiger partial charge in [0.2, 0.25) is 0 Å². The number of pyridine rings is 1. The Bertz CT molecular complexity index is 815. The van der Waals surface area contributed by atoms with E-state index in [0.29, 0.717) is 5.56 Å². The standard InChI is InChI=1S/C17H16N2O/c1-11-8-13(3)14(9-12(11)2)17(20)15-10-18-19-7-5-4-6-16(15)19/h4-10H,1-3H3. The molecular weight excluding hydrogens is 248 g/mol. The Balaban J connectivity index is 2.16. The van der Waals surface area contributed by atoms with Gasteiger partial charge in [0.05, 0.1) is 17.3 Å². The maximum atomic E-state index is 12.8. The van der Waals surface area contributed by atoms with Gasteiger partial charge in [0, 0.05) is 11.8 Å². The molecule has 0 bridgehead atoms. The molecule has 100 valence electrons. The van der Waals surface area contributed by atoms with Crippen molar-refractivity contribution in [2.24, 2.45) is 0 Å². The second-order valence-electron chi connectivity index (χ2n) is 5.17. The van der Waals surface area contributed by atoms with Gasteiger partial charge in [-0.15, -0.1) is 0 Å². The number of carbonyl (C=O) groups is 1. The van der Waals surface area contributed by atoms with Gasteiger partial charge in [-0.05, 0) is 55.7 Å². The van der Waals surface area contributed by atoms with E-state index in [9.17, 15) is 4.79 Å². The fourth-order valence-electron chi connectivity index (χ4n) is 2.46. The number of aromatic nitrogens is 2. The van der Waals surface area contributed by atoms with Crippen molar-refractivity contribution in [1.29, 1.82) is 0 Å². The summed E-state index contributed by atoms with van der Waals surface area (Å²) >= 11 is 0. The minimum Gasteiger partial charge on any atom is -0.288 e. The first-order valence-electron chi connectivity index (χ1n) is 6.63. The van der Waals surface area contributed by atoms with Gasteiger partial charge in [-0.3, -0.25) is 4.79 Å². The lowest BCUT2D eigenvalue weighted by atomic mass is 9.95. The Hall–Kier alpha value is -2.42. The number of fused-ring (bicyclic) bond motifs is 1. The van der Waals surface area contributed by atoms with Crippen LogP contribution in [0.3, 0.4) is 0 Å². The molecule has 3 nitrogen and oxygen atoms in total. The van der Waals surface area contributed by atoms with Crippen LogP contribution in [-0.2, 0) is 0 Å². The predicted molar refractivity (Wildman–Crippen MR) is 79.3 cm³/mol. The number of rotatable bonds is 2. The first kappa shape index (κ1) is 12.6. The number of hydrogen-bond donors (Lipinski definition) is 0. The number of carbonyl (C=O) groups excluding carboxylic acids is 1. The minimum atomic E-state index is 0.0341. The first-order valence-corrected chi connectivity index (χ1v) is 6.63. The van der Waals surface area contributed by atoms with Crippen LogP contribution in [0.25, 0.3) is 5.52 Å². The van der Waals surface area contributed by atoms with E-state index in [1.54, 1.807) is 10.7 Å². The van der Waals surface area contributed by atoms with Crippen LogP contribution >= 0.6 is 0 Å². The van der Waals surface area contributed by atoms with Gasteiger partial charge >= 0.3 is 0 Å². The van der Waals surface area contributed by atoms with Crippen LogP contribution in [0.15, 0.2) is 42.7 Å². The van der Waals surface area contributed by atoms with Crippen LogP contribution in [0, 0.1) is 20.8 Å². The predicted octanol–water partition coefficient (Wildman–Crippen LogP) is 3.49. The topological polar surface area (TPSA) is 34.4 Å². The Morgan fingerprint density at radius 3 is 2.55 bits per heavy atom. The Morgan fingerprint density at radius 1 is 1.00 bits per heavy atom. The highest BCUT2D eigenvalue weighted by Crippen LogP contribution is 2.21. The summed E-state index contributed by atoms with van der Waals surface area (Å²) in [6, 6.07) is 9.76. The van der Waals surface area contributed by atoms with Gasteiger partial charge in [0.15, 0.2) is 5.78 Å². The van der Waals surface area contributed by atoms with Crippen molar-refractivity contribution in [3.8, 4) is 0 Å². The lowest BCUT2D eigenvalue weighted by Gasteiger charge is -2.08. The highest BCUT2D eigenvalue weighted by molar-refractivity contribution is 6.13. The molecule has 0 atom stereocenters. The van der Waals surface area contributed by atoms with E-state index >= 15 is 0 Å². The SMILES string of the molecule is Cc1cc(C)c(C(=O)c2cnn3ccccc23)cc1C. The third-order valence-corrected chi connectivity index (χ3v) is 3.76. The molecule has 3 rings (SSSR count). The summed E-state index contributed by atoms with van der Waals surface area (Å²) in [7, 11) is 0. The summed E-state index contributed by atoms with van der Waals surface area (Å²) in [5.74, 6) is 0.0341. The zero-order valence-electron chi connectivity index (χ0n) is 11.8. The molecule has 2 heterocycles. The lowest BCUT2D eigenvalue weighted by Crippen LogP contribution is -2.04. The molecular formula is C17H16N2O. The molecule has 0 spiro atoms. The summed E-state index contributed by atoms with van der Waals surface area (Å²) < 4.78 is 1.73. The maximum absolute atomic E-state index is 12.8. The third-order valence-electron chi connectivity index (χ3n) is 3.76. The second-order valence-corrected chi connectivity index (χ2v) is 5.17. The van der Waals surface area contributed by atoms with E-state index in [4.69, 9.17) is 0 Å². The molecule has 0 unspecified atom stereocenters. The molecule has 1 aromatic carbocycles. The van der Waals surface area contributed by atoms with Gasteiger partial charge < -0.3 is 0 Å². The van der Waals surface area contributed by atoms with Gasteiger partial charge in [-0.2, -0.15) is 5.10 Å². The maximum Gasteiger partial charge on any atom is 0.197 e. The van der Waals surface area contributed by atoms with Crippen molar-refractivity contribution in [2.75, 3.05) is 0 Å². The molecule has 0 N–H and O–H groups in total. The third kappa shape index (κ3) is 1.92. The zero-order valence-corrected chi connectivity index (χ0v) is 11.8. The minimum absolute atomic E-state index is 0.0341. The van der Waals surface area contributed by atoms with Crippen molar-refractivity contribution < 1.29 is 4.79 Å². The van der Waals surface area contributed by atoms with E-state index in [0.717, 1.165) is 22.2 Å². The fourth-order valence-corrected chi connectivity index (χ4v) is 2.46. The molecule has 0 saturated heterocycles. The Morgan fingerprint density at radius 2 is 1.75 bits per heavy atom. The van der Waals surface area contributed by atoms with E-state index in [-0.39, 0.29) is 5.78 Å². The van der Waals surface area contributed by atoms with E-state index < -0.39 is 0 Å². The fraction of sp³-hybridized carbons (Fsp3) is 0.176. The first-order chi connectivity index (χ1) is 9.58. The molecule has 3 aromatic rings. The van der Waals surface area contributed by atoms with Crippen LogP contribution in [-0.4, -0.2) is 15.4 Å². The van der Waals surface area contributed by atoms with E-state index in [2.05, 4.69) is 18.1 Å². The quantitative estimate of drug-likeness (QED) is 0.664. The van der Waals surface area contributed by atoms with E-state index in [1.807, 2.05) is 44.3 Å². The monoisotopic (exact) mass is 264 g/mol. The number of aryl methyl sites for hydroxylation is 3. The van der Waals surface area contributed by atoms with Crippen LogP contribution in [0.4, 0.5) is 0 Å². The van der Waals surface area contributed by atoms with Gasteiger partial charge in [-0.25, -0.2) is 4.52 Å². The largest absolute Gasteiger partial charge is 0.288 e. The van der Waals surface area contributed by atoms with Gasteiger partial charge in [-0.1, -0.05) is 12.1 Å². The van der Waals surface area contributed by atoms with Gasteiger partial charge in [0.25, 0.3) is 0 Å². The molecule has 0 aliphatic rings. The van der Waals surface area contributed by atoms with Crippen molar-refractivity contribution in [3.05, 3.63) is 70.5 Å². The molecule has 3 heteroatoms. The number of hydrogen-bond acceptors (Lipinski definition) is 2. The number of benzene rings is 1. The average molecular weight is 264 g/mol. The smallest absolute Gasteiger partial charge is 0.197 e. The number of nitrogens with zero attached hydrogens (tertiary/aromatic N) is 2. The summed E-state index contributed by atoms with van der Waals surface area (Å²) in [4.78, 5) is 12.8. The Labute approximate surface area is 117 Å². The highest BCUT2D eigenvalue weighted by Gasteiger charge is 2.17. The summed E-state index contributed by atoms with van der Waals surface area (Å²) in [5, 5.41) is 4.23. The molecule has 0 fully saturated rings. The van der Waals surface area contributed by atoms with Crippen LogP contribution < -0.4 is 0 Å². The van der Waals surface area contributed by atoms with Crippen molar-refractivity contribution in [2.45, 2.75) is 20.8 Å². The highest BCUT2D eigenvalue weighted by atomic mass is 16.1. The molecule has 0 amide bonds. The van der Waals surface area contributed by atoms with Crippen LogP contribution in [0.2, 0.25) is 0 Å². The molecule has 20 heavy (non-hydrogen) atoms.